The zero-order valence-corrected chi connectivity index (χ0v) is 15.8. The smallest absolute Gasteiger partial charge is 0.116 e. The molecule has 0 spiro atoms. The van der Waals surface area contributed by atoms with Crippen LogP contribution in [-0.2, 0) is 0 Å². The van der Waals surface area contributed by atoms with Crippen molar-refractivity contribution in [1.29, 1.82) is 0 Å². The molecule has 1 aliphatic rings. The molecule has 2 N–H and O–H groups in total. The normalized spacial score (nSPS) is 26.0. The molecule has 0 saturated heterocycles. The number of aliphatic hydroxyl groups excluding tert-OH is 1. The predicted molar refractivity (Wildman–Crippen MR) is 103 cm³/mol. The monoisotopic (exact) mass is 357 g/mol. The maximum atomic E-state index is 11.5. The van der Waals surface area contributed by atoms with Crippen LogP contribution in [0.15, 0.2) is 47.5 Å². The van der Waals surface area contributed by atoms with Crippen LogP contribution >= 0.6 is 11.8 Å². The Morgan fingerprint density at radius 2 is 2.08 bits per heavy atom. The summed E-state index contributed by atoms with van der Waals surface area (Å²) in [5, 5.41) is 21.5. The van der Waals surface area contributed by atoms with E-state index in [2.05, 4.69) is 18.8 Å². The zero-order valence-electron chi connectivity index (χ0n) is 15.0. The van der Waals surface area contributed by atoms with Crippen LogP contribution in [0.5, 0.6) is 5.75 Å². The molecule has 0 bridgehead atoms. The van der Waals surface area contributed by atoms with Crippen molar-refractivity contribution in [3.63, 3.8) is 0 Å². The number of fused-ring (bicyclic) bond motifs is 1. The van der Waals surface area contributed by atoms with Gasteiger partial charge in [-0.05, 0) is 42.7 Å². The molecule has 0 amide bonds. The van der Waals surface area contributed by atoms with Gasteiger partial charge in [-0.15, -0.1) is 11.8 Å². The van der Waals surface area contributed by atoms with Crippen molar-refractivity contribution in [1.82, 2.24) is 4.98 Å². The van der Waals surface area contributed by atoms with Crippen LogP contribution in [0.1, 0.15) is 56.7 Å². The highest BCUT2D eigenvalue weighted by atomic mass is 32.2. The van der Waals surface area contributed by atoms with Gasteiger partial charge in [-0.1, -0.05) is 38.8 Å². The molecule has 0 saturated carbocycles. The van der Waals surface area contributed by atoms with Crippen molar-refractivity contribution in [3.05, 3.63) is 53.9 Å². The number of phenolic OH excluding ortho intramolecular Hbond substituents is 1. The molecule has 3 atom stereocenters. The summed E-state index contributed by atoms with van der Waals surface area (Å²) in [6.07, 6.45) is 5.49. The molecule has 134 valence electrons. The van der Waals surface area contributed by atoms with Gasteiger partial charge in [-0.25, -0.2) is 0 Å². The Morgan fingerprint density at radius 3 is 2.76 bits per heavy atom. The van der Waals surface area contributed by atoms with E-state index >= 15 is 0 Å². The molecule has 2 aromatic rings. The van der Waals surface area contributed by atoms with E-state index in [4.69, 9.17) is 0 Å². The first-order chi connectivity index (χ1) is 12.1. The third-order valence-electron chi connectivity index (χ3n) is 5.53. The summed E-state index contributed by atoms with van der Waals surface area (Å²) < 4.78 is 0. The van der Waals surface area contributed by atoms with Gasteiger partial charge in [0.1, 0.15) is 5.75 Å². The van der Waals surface area contributed by atoms with Gasteiger partial charge in [0, 0.05) is 22.3 Å². The second kappa shape index (κ2) is 7.79. The summed E-state index contributed by atoms with van der Waals surface area (Å²) in [5.41, 5.74) is 1.83. The summed E-state index contributed by atoms with van der Waals surface area (Å²) in [5.74, 6) is 0.978. The van der Waals surface area contributed by atoms with Crippen LogP contribution < -0.4 is 0 Å². The van der Waals surface area contributed by atoms with Crippen molar-refractivity contribution in [2.75, 3.05) is 5.75 Å². The fourth-order valence-electron chi connectivity index (χ4n) is 3.85. The van der Waals surface area contributed by atoms with Gasteiger partial charge >= 0.3 is 0 Å². The van der Waals surface area contributed by atoms with Crippen LogP contribution in [0.2, 0.25) is 0 Å². The highest BCUT2D eigenvalue weighted by molar-refractivity contribution is 7.99. The number of hydrogen-bond acceptors (Lipinski definition) is 4. The number of phenols is 1. The number of aliphatic hydroxyl groups is 1. The molecule has 0 radical (unpaired) electrons. The summed E-state index contributed by atoms with van der Waals surface area (Å²) in [6.45, 7) is 4.38. The van der Waals surface area contributed by atoms with Gasteiger partial charge in [0.25, 0.3) is 0 Å². The number of benzene rings is 1. The SMILES string of the molecule is CCCCC1(CC)CSc2cc(O)ccc2[C@@H](c2ccccn2)[C@H]1O. The number of aromatic hydroxyl groups is 1. The standard InChI is InChI=1S/C21H27NO2S/c1-3-5-11-21(4-2)14-25-18-13-15(23)9-10-16(18)19(20(21)24)17-8-6-7-12-22-17/h6-10,12-13,19-20,23-24H,3-5,11,14H2,1-2H3/t19-,20+,21?/m0/s1. The quantitative estimate of drug-likeness (QED) is 0.793. The molecule has 1 unspecified atom stereocenters. The van der Waals surface area contributed by atoms with Crippen molar-refractivity contribution in [2.45, 2.75) is 56.4 Å². The Labute approximate surface area is 154 Å². The zero-order chi connectivity index (χ0) is 17.9. The van der Waals surface area contributed by atoms with Gasteiger partial charge in [-0.2, -0.15) is 0 Å². The lowest BCUT2D eigenvalue weighted by molar-refractivity contribution is 0.0174. The first kappa shape index (κ1) is 18.3. The highest BCUT2D eigenvalue weighted by Crippen LogP contribution is 2.50. The Balaban J connectivity index is 2.12. The first-order valence-electron chi connectivity index (χ1n) is 9.16. The van der Waals surface area contributed by atoms with Crippen LogP contribution in [0.4, 0.5) is 0 Å². The van der Waals surface area contributed by atoms with Crippen molar-refractivity contribution >= 4 is 11.8 Å². The molecule has 1 aromatic carbocycles. The third-order valence-corrected chi connectivity index (χ3v) is 6.91. The Hall–Kier alpha value is -1.52. The van der Waals surface area contributed by atoms with E-state index in [0.717, 1.165) is 47.6 Å². The molecule has 25 heavy (non-hydrogen) atoms. The van der Waals surface area contributed by atoms with Gasteiger partial charge in [0.15, 0.2) is 0 Å². The third kappa shape index (κ3) is 3.56. The van der Waals surface area contributed by atoms with Crippen molar-refractivity contribution in [3.8, 4) is 5.75 Å². The van der Waals surface area contributed by atoms with Crippen molar-refractivity contribution < 1.29 is 10.2 Å². The van der Waals surface area contributed by atoms with E-state index in [1.54, 1.807) is 24.0 Å². The summed E-state index contributed by atoms with van der Waals surface area (Å²) in [6, 6.07) is 11.4. The van der Waals surface area contributed by atoms with Crippen LogP contribution in [0.3, 0.4) is 0 Å². The second-order valence-electron chi connectivity index (χ2n) is 7.01. The molecule has 3 rings (SSSR count). The molecular formula is C21H27NO2S. The van der Waals surface area contributed by atoms with Gasteiger partial charge < -0.3 is 10.2 Å². The lowest BCUT2D eigenvalue weighted by Gasteiger charge is -2.39. The molecule has 1 aromatic heterocycles. The largest absolute Gasteiger partial charge is 0.508 e. The van der Waals surface area contributed by atoms with E-state index < -0.39 is 6.10 Å². The van der Waals surface area contributed by atoms with E-state index in [1.807, 2.05) is 30.3 Å². The number of rotatable bonds is 5. The second-order valence-corrected chi connectivity index (χ2v) is 8.02. The lowest BCUT2D eigenvalue weighted by Crippen LogP contribution is -2.40. The van der Waals surface area contributed by atoms with Crippen LogP contribution in [-0.4, -0.2) is 27.1 Å². The highest BCUT2D eigenvalue weighted by Gasteiger charge is 2.44. The van der Waals surface area contributed by atoms with E-state index in [-0.39, 0.29) is 17.1 Å². The topological polar surface area (TPSA) is 53.4 Å². The average Bonchev–Trinajstić information content (AvgIpc) is 2.76. The summed E-state index contributed by atoms with van der Waals surface area (Å²) in [7, 11) is 0. The Morgan fingerprint density at radius 1 is 1.24 bits per heavy atom. The van der Waals surface area contributed by atoms with Crippen LogP contribution in [0, 0.1) is 5.41 Å². The summed E-state index contributed by atoms with van der Waals surface area (Å²) >= 11 is 1.76. The predicted octanol–water partition coefficient (Wildman–Crippen LogP) is 4.97. The molecular weight excluding hydrogens is 330 g/mol. The van der Waals surface area contributed by atoms with Crippen molar-refractivity contribution in [2.24, 2.45) is 5.41 Å². The molecule has 4 heteroatoms. The van der Waals surface area contributed by atoms with E-state index in [0.29, 0.717) is 0 Å². The van der Waals surface area contributed by atoms with E-state index in [1.165, 1.54) is 0 Å². The minimum absolute atomic E-state index is 0.141. The summed E-state index contributed by atoms with van der Waals surface area (Å²) in [4.78, 5) is 5.62. The van der Waals surface area contributed by atoms with Gasteiger partial charge in [0.05, 0.1) is 17.7 Å². The minimum Gasteiger partial charge on any atom is -0.508 e. The van der Waals surface area contributed by atoms with Gasteiger partial charge in [0.2, 0.25) is 0 Å². The molecule has 3 nitrogen and oxygen atoms in total. The molecule has 2 heterocycles. The maximum absolute atomic E-state index is 11.5. The minimum atomic E-state index is -0.489. The Bertz CT molecular complexity index is 706. The fraction of sp³-hybridized carbons (Fsp3) is 0.476. The number of aromatic nitrogens is 1. The number of unbranched alkanes of at least 4 members (excludes halogenated alkanes) is 1. The fourth-order valence-corrected chi connectivity index (χ4v) is 5.38. The number of thioether (sulfide) groups is 1. The number of hydrogen-bond donors (Lipinski definition) is 2. The number of nitrogens with zero attached hydrogens (tertiary/aromatic N) is 1. The molecule has 0 fully saturated rings. The number of pyridine rings is 1. The first-order valence-corrected chi connectivity index (χ1v) is 10.1. The maximum Gasteiger partial charge on any atom is 0.116 e. The average molecular weight is 358 g/mol. The van der Waals surface area contributed by atoms with Gasteiger partial charge in [-0.3, -0.25) is 4.98 Å². The lowest BCUT2D eigenvalue weighted by atomic mass is 9.70. The Kier molecular flexibility index (Phi) is 5.70. The van der Waals surface area contributed by atoms with E-state index in [9.17, 15) is 10.2 Å². The molecule has 0 aliphatic carbocycles. The molecule has 1 aliphatic heterocycles. The van der Waals surface area contributed by atoms with Crippen LogP contribution in [0.25, 0.3) is 0 Å².